The van der Waals surface area contributed by atoms with Crippen molar-refractivity contribution in [2.75, 3.05) is 6.61 Å². The highest BCUT2D eigenvalue weighted by molar-refractivity contribution is 6.42. The number of rotatable bonds is 7. The van der Waals surface area contributed by atoms with Crippen LogP contribution in [0.5, 0.6) is 5.75 Å². The molecule has 0 heterocycles. The summed E-state index contributed by atoms with van der Waals surface area (Å²) in [7, 11) is 0. The fourth-order valence-electron chi connectivity index (χ4n) is 2.10. The van der Waals surface area contributed by atoms with Crippen LogP contribution in [0.2, 0.25) is 10.0 Å². The number of carbonyl (C=O) groups excluding carboxylic acids is 2. The van der Waals surface area contributed by atoms with Crippen LogP contribution < -0.4 is 10.1 Å². The van der Waals surface area contributed by atoms with E-state index in [1.807, 2.05) is 30.3 Å². The van der Waals surface area contributed by atoms with Gasteiger partial charge >= 0.3 is 0 Å². The molecule has 0 fully saturated rings. The molecule has 126 valence electrons. The Kier molecular flexibility index (Phi) is 6.64. The molecule has 0 saturated carbocycles. The van der Waals surface area contributed by atoms with Crippen LogP contribution in [0.3, 0.4) is 0 Å². The second-order valence-corrected chi connectivity index (χ2v) is 6.10. The highest BCUT2D eigenvalue weighted by Crippen LogP contribution is 2.26. The van der Waals surface area contributed by atoms with E-state index >= 15 is 0 Å². The minimum atomic E-state index is -0.586. The molecule has 0 unspecified atom stereocenters. The van der Waals surface area contributed by atoms with E-state index in [0.717, 1.165) is 5.56 Å². The number of ether oxygens (including phenoxy) is 1. The predicted octanol–water partition coefficient (Wildman–Crippen LogP) is 3.69. The summed E-state index contributed by atoms with van der Waals surface area (Å²) in [5.41, 5.74) is 0.975. The van der Waals surface area contributed by atoms with E-state index in [1.165, 1.54) is 13.0 Å². The molecule has 0 spiro atoms. The van der Waals surface area contributed by atoms with Crippen molar-refractivity contribution >= 4 is 34.9 Å². The van der Waals surface area contributed by atoms with Gasteiger partial charge in [0.25, 0.3) is 5.91 Å². The highest BCUT2D eigenvalue weighted by atomic mass is 35.5. The normalized spacial score (nSPS) is 11.6. The lowest BCUT2D eigenvalue weighted by Crippen LogP contribution is -2.43. The molecule has 2 aromatic carbocycles. The van der Waals surface area contributed by atoms with E-state index in [2.05, 4.69) is 5.32 Å². The molecule has 6 heteroatoms. The van der Waals surface area contributed by atoms with Gasteiger partial charge in [0.1, 0.15) is 5.75 Å². The summed E-state index contributed by atoms with van der Waals surface area (Å²) in [5.74, 6) is -0.0547. The molecule has 24 heavy (non-hydrogen) atoms. The van der Waals surface area contributed by atoms with Crippen molar-refractivity contribution in [2.45, 2.75) is 19.4 Å². The predicted molar refractivity (Wildman–Crippen MR) is 94.7 cm³/mol. The van der Waals surface area contributed by atoms with Crippen LogP contribution in [0.15, 0.2) is 48.5 Å². The molecular formula is C18H17Cl2NO3. The van der Waals surface area contributed by atoms with Crippen molar-refractivity contribution in [1.82, 2.24) is 5.32 Å². The molecule has 2 aromatic rings. The zero-order valence-corrected chi connectivity index (χ0v) is 14.6. The maximum Gasteiger partial charge on any atom is 0.258 e. The van der Waals surface area contributed by atoms with Gasteiger partial charge in [-0.1, -0.05) is 53.5 Å². The van der Waals surface area contributed by atoms with E-state index in [-0.39, 0.29) is 18.3 Å². The molecule has 0 saturated heterocycles. The first-order valence-electron chi connectivity index (χ1n) is 7.37. The first-order chi connectivity index (χ1) is 11.5. The van der Waals surface area contributed by atoms with Crippen LogP contribution in [0.25, 0.3) is 0 Å². The molecule has 2 rings (SSSR count). The Morgan fingerprint density at radius 1 is 1.08 bits per heavy atom. The average Bonchev–Trinajstić information content (AvgIpc) is 2.56. The number of nitrogens with one attached hydrogen (secondary N) is 1. The second kappa shape index (κ2) is 8.71. The largest absolute Gasteiger partial charge is 0.484 e. The number of benzene rings is 2. The summed E-state index contributed by atoms with van der Waals surface area (Å²) in [5, 5.41) is 3.45. The van der Waals surface area contributed by atoms with Gasteiger partial charge in [-0.3, -0.25) is 9.59 Å². The third-order valence-corrected chi connectivity index (χ3v) is 4.11. The van der Waals surface area contributed by atoms with Crippen LogP contribution >= 0.6 is 23.2 Å². The van der Waals surface area contributed by atoms with Crippen molar-refractivity contribution in [3.63, 3.8) is 0 Å². The van der Waals surface area contributed by atoms with E-state index in [0.29, 0.717) is 22.2 Å². The maximum absolute atomic E-state index is 12.0. The molecule has 4 nitrogen and oxygen atoms in total. The minimum absolute atomic E-state index is 0.109. The van der Waals surface area contributed by atoms with Gasteiger partial charge in [0.05, 0.1) is 16.1 Å². The monoisotopic (exact) mass is 365 g/mol. The Balaban J connectivity index is 1.90. The summed E-state index contributed by atoms with van der Waals surface area (Å²) in [6, 6.07) is 13.7. The fourth-order valence-corrected chi connectivity index (χ4v) is 2.39. The average molecular weight is 366 g/mol. The fraction of sp³-hybridized carbons (Fsp3) is 0.222. The summed E-state index contributed by atoms with van der Waals surface area (Å²) in [6.07, 6.45) is 0.439. The van der Waals surface area contributed by atoms with Gasteiger partial charge in [0.2, 0.25) is 0 Å². The lowest BCUT2D eigenvalue weighted by atomic mass is 10.0. The number of hydrogen-bond donors (Lipinski definition) is 1. The van der Waals surface area contributed by atoms with Crippen LogP contribution in [0.1, 0.15) is 12.5 Å². The summed E-state index contributed by atoms with van der Waals surface area (Å²) < 4.78 is 5.37. The molecule has 0 bridgehead atoms. The van der Waals surface area contributed by atoms with E-state index in [1.54, 1.807) is 12.1 Å². The lowest BCUT2D eigenvalue weighted by molar-refractivity contribution is -0.128. The Morgan fingerprint density at radius 3 is 2.42 bits per heavy atom. The number of Topliss-reactive ketones (excluding diaryl/α,β-unsaturated/α-hetero) is 1. The van der Waals surface area contributed by atoms with Gasteiger partial charge in [-0.25, -0.2) is 0 Å². The van der Waals surface area contributed by atoms with Crippen LogP contribution in [0.4, 0.5) is 0 Å². The van der Waals surface area contributed by atoms with Crippen LogP contribution in [0, 0.1) is 0 Å². The quantitative estimate of drug-likeness (QED) is 0.813. The summed E-state index contributed by atoms with van der Waals surface area (Å²) in [6.45, 7) is 1.24. The van der Waals surface area contributed by atoms with Gasteiger partial charge in [0.15, 0.2) is 12.4 Å². The summed E-state index contributed by atoms with van der Waals surface area (Å²) >= 11 is 11.7. The number of carbonyl (C=O) groups is 2. The Hall–Kier alpha value is -2.04. The number of halogens is 2. The van der Waals surface area contributed by atoms with Crippen molar-refractivity contribution in [3.8, 4) is 5.75 Å². The van der Waals surface area contributed by atoms with Gasteiger partial charge in [-0.15, -0.1) is 0 Å². The molecule has 0 aliphatic rings. The van der Waals surface area contributed by atoms with Crippen molar-refractivity contribution in [2.24, 2.45) is 0 Å². The van der Waals surface area contributed by atoms with Gasteiger partial charge in [-0.05, 0) is 31.0 Å². The summed E-state index contributed by atoms with van der Waals surface area (Å²) in [4.78, 5) is 23.8. The number of ketones is 1. The van der Waals surface area contributed by atoms with Gasteiger partial charge < -0.3 is 10.1 Å². The zero-order valence-electron chi connectivity index (χ0n) is 13.1. The van der Waals surface area contributed by atoms with E-state index in [4.69, 9.17) is 27.9 Å². The highest BCUT2D eigenvalue weighted by Gasteiger charge is 2.18. The van der Waals surface area contributed by atoms with Crippen molar-refractivity contribution in [3.05, 3.63) is 64.1 Å². The van der Waals surface area contributed by atoms with E-state index in [9.17, 15) is 9.59 Å². The Bertz CT molecular complexity index is 719. The number of hydrogen-bond acceptors (Lipinski definition) is 3. The molecule has 0 aromatic heterocycles. The molecule has 0 radical (unpaired) electrons. The topological polar surface area (TPSA) is 55.4 Å². The molecule has 0 aliphatic heterocycles. The smallest absolute Gasteiger partial charge is 0.258 e. The molecule has 1 atom stereocenters. The van der Waals surface area contributed by atoms with Crippen molar-refractivity contribution in [1.29, 1.82) is 0 Å². The standard InChI is InChI=1S/C18H17Cl2NO3/c1-12(22)17(9-13-5-3-2-4-6-13)21-18(23)11-24-14-7-8-15(19)16(20)10-14/h2-8,10,17H,9,11H2,1H3,(H,21,23)/t17-/m1/s1. The first-order valence-corrected chi connectivity index (χ1v) is 8.13. The van der Waals surface area contributed by atoms with E-state index < -0.39 is 6.04 Å². The zero-order chi connectivity index (χ0) is 17.5. The lowest BCUT2D eigenvalue weighted by Gasteiger charge is -2.16. The SMILES string of the molecule is CC(=O)[C@@H](Cc1ccccc1)NC(=O)COc1ccc(Cl)c(Cl)c1. The minimum Gasteiger partial charge on any atom is -0.484 e. The molecule has 0 aliphatic carbocycles. The third-order valence-electron chi connectivity index (χ3n) is 3.37. The van der Waals surface area contributed by atoms with Crippen molar-refractivity contribution < 1.29 is 14.3 Å². The van der Waals surface area contributed by atoms with Gasteiger partial charge in [-0.2, -0.15) is 0 Å². The first kappa shape index (κ1) is 18.3. The van der Waals surface area contributed by atoms with Crippen LogP contribution in [-0.4, -0.2) is 24.3 Å². The Morgan fingerprint density at radius 2 is 1.79 bits per heavy atom. The molecule has 1 amide bonds. The number of amides is 1. The molecule has 1 N–H and O–H groups in total. The van der Waals surface area contributed by atoms with Gasteiger partial charge in [0, 0.05) is 6.07 Å². The maximum atomic E-state index is 12.0. The molecular weight excluding hydrogens is 349 g/mol. The second-order valence-electron chi connectivity index (χ2n) is 5.29. The van der Waals surface area contributed by atoms with Crippen LogP contribution in [-0.2, 0) is 16.0 Å². The Labute approximate surface area is 150 Å². The third kappa shape index (κ3) is 5.55.